The van der Waals surface area contributed by atoms with Crippen molar-refractivity contribution < 1.29 is 9.84 Å². The standard InChI is InChI=1S/C10H19N3O2/c1-4-5-13-9(6-11-12-13)15-8-10(2,3)7-14/h6,14H,4-5,7-8H2,1-3H3. The van der Waals surface area contributed by atoms with E-state index in [-0.39, 0.29) is 12.0 Å². The van der Waals surface area contributed by atoms with Gasteiger partial charge in [0.25, 0.3) is 0 Å². The molecule has 0 saturated heterocycles. The fourth-order valence-electron chi connectivity index (χ4n) is 1.04. The first-order valence-electron chi connectivity index (χ1n) is 5.21. The van der Waals surface area contributed by atoms with Crippen molar-refractivity contribution in [3.05, 3.63) is 6.20 Å². The number of aryl methyl sites for hydroxylation is 1. The van der Waals surface area contributed by atoms with Crippen LogP contribution in [0.1, 0.15) is 27.2 Å². The van der Waals surface area contributed by atoms with Crippen LogP contribution in [0.5, 0.6) is 5.88 Å². The molecule has 0 spiro atoms. The van der Waals surface area contributed by atoms with Crippen LogP contribution >= 0.6 is 0 Å². The number of rotatable bonds is 6. The number of aliphatic hydroxyl groups excluding tert-OH is 1. The molecule has 0 aliphatic heterocycles. The van der Waals surface area contributed by atoms with E-state index >= 15 is 0 Å². The van der Waals surface area contributed by atoms with Crippen LogP contribution < -0.4 is 4.74 Å². The number of aliphatic hydroxyl groups is 1. The summed E-state index contributed by atoms with van der Waals surface area (Å²) in [5.41, 5.74) is -0.235. The first-order valence-corrected chi connectivity index (χ1v) is 5.21. The summed E-state index contributed by atoms with van der Waals surface area (Å²) in [6, 6.07) is 0. The van der Waals surface area contributed by atoms with Gasteiger partial charge in [-0.3, -0.25) is 0 Å². The molecule has 0 fully saturated rings. The van der Waals surface area contributed by atoms with Gasteiger partial charge in [0.2, 0.25) is 5.88 Å². The number of nitrogens with zero attached hydrogens (tertiary/aromatic N) is 3. The maximum Gasteiger partial charge on any atom is 0.232 e. The van der Waals surface area contributed by atoms with Crippen molar-refractivity contribution in [3.63, 3.8) is 0 Å². The Labute approximate surface area is 90.1 Å². The highest BCUT2D eigenvalue weighted by molar-refractivity contribution is 5.01. The van der Waals surface area contributed by atoms with E-state index < -0.39 is 0 Å². The van der Waals surface area contributed by atoms with Crippen LogP contribution in [0.15, 0.2) is 6.20 Å². The highest BCUT2D eigenvalue weighted by Crippen LogP contribution is 2.17. The third-order valence-corrected chi connectivity index (χ3v) is 2.06. The second-order valence-corrected chi connectivity index (χ2v) is 4.41. The lowest BCUT2D eigenvalue weighted by Crippen LogP contribution is -2.26. The van der Waals surface area contributed by atoms with Gasteiger partial charge in [0.05, 0.1) is 13.2 Å². The molecule has 1 N–H and O–H groups in total. The van der Waals surface area contributed by atoms with Crippen molar-refractivity contribution in [1.82, 2.24) is 15.0 Å². The van der Waals surface area contributed by atoms with Gasteiger partial charge in [-0.1, -0.05) is 26.0 Å². The van der Waals surface area contributed by atoms with Crippen molar-refractivity contribution in [2.24, 2.45) is 5.41 Å². The molecule has 0 unspecified atom stereocenters. The molecule has 1 aromatic rings. The van der Waals surface area contributed by atoms with Crippen LogP contribution in [0, 0.1) is 5.41 Å². The van der Waals surface area contributed by atoms with Gasteiger partial charge in [-0.25, -0.2) is 4.68 Å². The van der Waals surface area contributed by atoms with Gasteiger partial charge in [-0.15, -0.1) is 5.10 Å². The van der Waals surface area contributed by atoms with E-state index in [1.54, 1.807) is 10.9 Å². The van der Waals surface area contributed by atoms with Crippen molar-refractivity contribution in [1.29, 1.82) is 0 Å². The molecule has 1 rings (SSSR count). The lowest BCUT2D eigenvalue weighted by atomic mass is 9.97. The molecule has 1 aromatic heterocycles. The summed E-state index contributed by atoms with van der Waals surface area (Å²) in [4.78, 5) is 0. The summed E-state index contributed by atoms with van der Waals surface area (Å²) < 4.78 is 7.29. The molecule has 86 valence electrons. The topological polar surface area (TPSA) is 60.2 Å². The normalized spacial score (nSPS) is 11.7. The fourth-order valence-corrected chi connectivity index (χ4v) is 1.04. The summed E-state index contributed by atoms with van der Waals surface area (Å²) in [5, 5.41) is 16.8. The van der Waals surface area contributed by atoms with E-state index in [0.717, 1.165) is 13.0 Å². The smallest absolute Gasteiger partial charge is 0.232 e. The summed E-state index contributed by atoms with van der Waals surface area (Å²) in [7, 11) is 0. The summed E-state index contributed by atoms with van der Waals surface area (Å²) >= 11 is 0. The Bertz CT molecular complexity index is 297. The number of aromatic nitrogens is 3. The van der Waals surface area contributed by atoms with Crippen molar-refractivity contribution >= 4 is 0 Å². The third-order valence-electron chi connectivity index (χ3n) is 2.06. The van der Waals surface area contributed by atoms with Gasteiger partial charge in [0, 0.05) is 12.0 Å². The van der Waals surface area contributed by atoms with Crippen molar-refractivity contribution in [3.8, 4) is 5.88 Å². The quantitative estimate of drug-likeness (QED) is 0.768. The molecular formula is C10H19N3O2. The highest BCUT2D eigenvalue weighted by atomic mass is 16.5. The Hall–Kier alpha value is -1.10. The molecule has 0 aromatic carbocycles. The minimum Gasteiger partial charge on any atom is -0.476 e. The molecule has 0 amide bonds. The van der Waals surface area contributed by atoms with Gasteiger partial charge in [-0.2, -0.15) is 0 Å². The van der Waals surface area contributed by atoms with Gasteiger partial charge in [0.15, 0.2) is 0 Å². The van der Waals surface area contributed by atoms with Gasteiger partial charge < -0.3 is 9.84 Å². The SMILES string of the molecule is CCCn1nncc1OCC(C)(C)CO. The first-order chi connectivity index (χ1) is 7.09. The fraction of sp³-hybridized carbons (Fsp3) is 0.800. The summed E-state index contributed by atoms with van der Waals surface area (Å²) in [6.07, 6.45) is 2.59. The molecular weight excluding hydrogens is 194 g/mol. The molecule has 0 atom stereocenters. The molecule has 5 nitrogen and oxygen atoms in total. The largest absolute Gasteiger partial charge is 0.476 e. The molecule has 0 bridgehead atoms. The second-order valence-electron chi connectivity index (χ2n) is 4.41. The van der Waals surface area contributed by atoms with E-state index in [0.29, 0.717) is 12.5 Å². The average Bonchev–Trinajstić information content (AvgIpc) is 2.64. The lowest BCUT2D eigenvalue weighted by Gasteiger charge is -2.21. The zero-order valence-electron chi connectivity index (χ0n) is 9.60. The number of hydrogen-bond acceptors (Lipinski definition) is 4. The zero-order valence-corrected chi connectivity index (χ0v) is 9.60. The van der Waals surface area contributed by atoms with E-state index in [4.69, 9.17) is 9.84 Å². The molecule has 5 heteroatoms. The number of hydrogen-bond donors (Lipinski definition) is 1. The molecule has 0 saturated carbocycles. The van der Waals surface area contributed by atoms with Gasteiger partial charge in [0.1, 0.15) is 6.20 Å². The Kier molecular flexibility index (Phi) is 4.08. The molecule has 1 heterocycles. The van der Waals surface area contributed by atoms with E-state index in [1.807, 2.05) is 13.8 Å². The van der Waals surface area contributed by atoms with Crippen LogP contribution in [0.4, 0.5) is 0 Å². The Balaban J connectivity index is 2.53. The maximum atomic E-state index is 9.08. The third kappa shape index (κ3) is 3.51. The van der Waals surface area contributed by atoms with E-state index in [2.05, 4.69) is 17.2 Å². The molecule has 0 radical (unpaired) electrons. The van der Waals surface area contributed by atoms with Crippen LogP contribution in [-0.4, -0.2) is 33.3 Å². The van der Waals surface area contributed by atoms with Crippen LogP contribution in [0.2, 0.25) is 0 Å². The van der Waals surface area contributed by atoms with Gasteiger partial charge in [-0.05, 0) is 6.42 Å². The van der Waals surface area contributed by atoms with Gasteiger partial charge >= 0.3 is 0 Å². The zero-order chi connectivity index (χ0) is 11.3. The van der Waals surface area contributed by atoms with E-state index in [9.17, 15) is 0 Å². The minimum atomic E-state index is -0.235. The number of ether oxygens (including phenoxy) is 1. The Morgan fingerprint density at radius 3 is 2.87 bits per heavy atom. The first kappa shape index (κ1) is 12.0. The van der Waals surface area contributed by atoms with Crippen LogP contribution in [0.25, 0.3) is 0 Å². The highest BCUT2D eigenvalue weighted by Gasteiger charge is 2.18. The minimum absolute atomic E-state index is 0.0995. The van der Waals surface area contributed by atoms with Crippen LogP contribution in [0.3, 0.4) is 0 Å². The predicted octanol–water partition coefficient (Wildman–Crippen LogP) is 1.09. The molecule has 15 heavy (non-hydrogen) atoms. The maximum absolute atomic E-state index is 9.08. The summed E-state index contributed by atoms with van der Waals surface area (Å²) in [5.74, 6) is 0.665. The predicted molar refractivity (Wildman–Crippen MR) is 56.7 cm³/mol. The monoisotopic (exact) mass is 213 g/mol. The molecule has 0 aliphatic carbocycles. The van der Waals surface area contributed by atoms with Crippen molar-refractivity contribution in [2.75, 3.05) is 13.2 Å². The summed E-state index contributed by atoms with van der Waals surface area (Å²) in [6.45, 7) is 7.32. The van der Waals surface area contributed by atoms with E-state index in [1.165, 1.54) is 0 Å². The Morgan fingerprint density at radius 1 is 1.53 bits per heavy atom. The van der Waals surface area contributed by atoms with Crippen LogP contribution in [-0.2, 0) is 6.54 Å². The lowest BCUT2D eigenvalue weighted by molar-refractivity contribution is 0.0919. The average molecular weight is 213 g/mol. The molecule has 0 aliphatic rings. The van der Waals surface area contributed by atoms with Crippen molar-refractivity contribution in [2.45, 2.75) is 33.7 Å². The second kappa shape index (κ2) is 5.11. The Morgan fingerprint density at radius 2 is 2.27 bits per heavy atom.